The van der Waals surface area contributed by atoms with Crippen LogP contribution in [0, 0.1) is 0 Å². The number of amides is 2. The van der Waals surface area contributed by atoms with Crippen LogP contribution < -0.4 is 10.9 Å². The maximum atomic E-state index is 12.0. The molecule has 0 saturated carbocycles. The van der Waals surface area contributed by atoms with Gasteiger partial charge in [-0.25, -0.2) is 10.0 Å². The van der Waals surface area contributed by atoms with Crippen LogP contribution in [-0.4, -0.2) is 33.4 Å². The van der Waals surface area contributed by atoms with Crippen molar-refractivity contribution in [2.24, 2.45) is 0 Å². The minimum absolute atomic E-state index is 0. The first kappa shape index (κ1) is 31.2. The largest absolute Gasteiger partial charge is 0.299 e. The second kappa shape index (κ2) is 14.0. The third-order valence-electron chi connectivity index (χ3n) is 7.40. The summed E-state index contributed by atoms with van der Waals surface area (Å²) < 4.78 is 0. The molecule has 0 spiro atoms. The van der Waals surface area contributed by atoms with Crippen molar-refractivity contribution in [1.29, 1.82) is 0 Å². The Bertz CT molecular complexity index is 1470. The van der Waals surface area contributed by atoms with Crippen molar-refractivity contribution in [3.05, 3.63) is 143 Å². The summed E-state index contributed by atoms with van der Waals surface area (Å²) in [6.07, 6.45) is 15.0. The van der Waals surface area contributed by atoms with Gasteiger partial charge >= 0.3 is 0 Å². The van der Waals surface area contributed by atoms with Crippen molar-refractivity contribution in [3.63, 3.8) is 0 Å². The van der Waals surface area contributed by atoms with Crippen LogP contribution in [0.2, 0.25) is 0 Å². The molecule has 0 aromatic heterocycles. The Labute approximate surface area is 261 Å². The molecule has 1 radical (unpaired) electrons. The normalized spacial score (nSPS) is 23.8. The third kappa shape index (κ3) is 7.02. The van der Waals surface area contributed by atoms with E-state index in [0.717, 1.165) is 22.5 Å². The van der Waals surface area contributed by atoms with E-state index < -0.39 is 0 Å². The number of nitrogens with one attached hydrogen (secondary N) is 2. The number of allylic oxidation sites excluding steroid dienone is 10. The zero-order chi connectivity index (χ0) is 29.6. The van der Waals surface area contributed by atoms with Crippen molar-refractivity contribution < 1.29 is 36.2 Å². The van der Waals surface area contributed by atoms with Crippen LogP contribution in [-0.2, 0) is 36.2 Å². The molecule has 0 bridgehead atoms. The molecule has 2 unspecified atom stereocenters. The fraction of sp³-hybridized carbons (Fsp3) is 0.176. The maximum absolute atomic E-state index is 12.0. The summed E-state index contributed by atoms with van der Waals surface area (Å²) in [5.74, 6) is -0.195. The predicted octanol–water partition coefficient (Wildman–Crippen LogP) is 4.86. The third-order valence-corrected chi connectivity index (χ3v) is 7.40. The molecule has 2 aliphatic carbocycles. The summed E-state index contributed by atoms with van der Waals surface area (Å²) in [5, 5.41) is 3.19. The standard InChI is InChI=1S/2C17H16N2O2.Cu/c2*1-12(20)19-16(13-7-3-2-4-8-13)11-15(18-19)14-9-5-6-10-17(14)21;/h2*2-10,16,18H,11H2,1H3;/b2*15-14-;. The Morgan fingerprint density at radius 3 is 1.28 bits per heavy atom. The Morgan fingerprint density at radius 2 is 0.953 bits per heavy atom. The summed E-state index contributed by atoms with van der Waals surface area (Å²) in [4.78, 5) is 47.7. The van der Waals surface area contributed by atoms with Gasteiger partial charge in [-0.1, -0.05) is 85.0 Å². The van der Waals surface area contributed by atoms with Crippen LogP contribution >= 0.6 is 0 Å². The topological polar surface area (TPSA) is 98.8 Å². The first-order chi connectivity index (χ1) is 20.3. The van der Waals surface area contributed by atoms with Gasteiger partial charge in [0.1, 0.15) is 0 Å². The van der Waals surface area contributed by atoms with Crippen molar-refractivity contribution in [2.75, 3.05) is 0 Å². The summed E-state index contributed by atoms with van der Waals surface area (Å²) in [5.41, 5.74) is 11.1. The van der Waals surface area contributed by atoms with E-state index in [-0.39, 0.29) is 52.5 Å². The number of hydrogen-bond acceptors (Lipinski definition) is 6. The minimum Gasteiger partial charge on any atom is -0.299 e. The molecule has 2 amide bonds. The van der Waals surface area contributed by atoms with E-state index in [1.54, 1.807) is 34.3 Å². The molecule has 4 aliphatic rings. The Morgan fingerprint density at radius 1 is 0.605 bits per heavy atom. The summed E-state index contributed by atoms with van der Waals surface area (Å²) >= 11 is 0. The van der Waals surface area contributed by atoms with Crippen molar-refractivity contribution in [3.8, 4) is 0 Å². The number of rotatable bonds is 2. The molecule has 2 aromatic carbocycles. The van der Waals surface area contributed by atoms with Crippen molar-refractivity contribution in [2.45, 2.75) is 38.8 Å². The smallest absolute Gasteiger partial charge is 0.238 e. The van der Waals surface area contributed by atoms with Crippen LogP contribution in [0.15, 0.2) is 132 Å². The predicted molar refractivity (Wildman–Crippen MR) is 160 cm³/mol. The Balaban J connectivity index is 0.000000192. The zero-order valence-electron chi connectivity index (χ0n) is 23.8. The van der Waals surface area contributed by atoms with Gasteiger partial charge in [0.25, 0.3) is 0 Å². The van der Waals surface area contributed by atoms with E-state index in [4.69, 9.17) is 0 Å². The molecule has 9 heteroatoms. The number of hydrazine groups is 2. The van der Waals surface area contributed by atoms with Gasteiger partial charge in [-0.3, -0.25) is 30.0 Å². The number of carbonyl (C=O) groups is 4. The fourth-order valence-electron chi connectivity index (χ4n) is 5.36. The van der Waals surface area contributed by atoms with Gasteiger partial charge in [-0.05, 0) is 35.4 Å². The van der Waals surface area contributed by atoms with Crippen LogP contribution in [0.5, 0.6) is 0 Å². The Hall–Kier alpha value is -4.72. The molecule has 2 saturated heterocycles. The van der Waals surface area contributed by atoms with E-state index in [2.05, 4.69) is 10.9 Å². The molecular weight excluding hydrogens is 592 g/mol. The molecule has 2 fully saturated rings. The quantitative estimate of drug-likeness (QED) is 0.366. The SMILES string of the molecule is CC(=O)N1N/C(=C2/C=CC=CC2=O)CC1c1ccccc1.CC(=O)N1N/C(=C2/C=CC=CC2=O)CC1c1ccccc1.[Cu]. The zero-order valence-corrected chi connectivity index (χ0v) is 24.7. The van der Waals surface area contributed by atoms with Gasteiger partial charge in [-0.15, -0.1) is 0 Å². The molecule has 43 heavy (non-hydrogen) atoms. The summed E-state index contributed by atoms with van der Waals surface area (Å²) in [6, 6.07) is 19.5. The molecule has 2 aliphatic heterocycles. The van der Waals surface area contributed by atoms with Gasteiger partial charge in [0.2, 0.25) is 11.8 Å². The van der Waals surface area contributed by atoms with E-state index in [0.29, 0.717) is 24.0 Å². The van der Waals surface area contributed by atoms with Crippen LogP contribution in [0.1, 0.15) is 49.9 Å². The number of hydrogen-bond donors (Lipinski definition) is 2. The number of nitrogens with zero attached hydrogens (tertiary/aromatic N) is 2. The molecule has 6 rings (SSSR count). The molecule has 2 heterocycles. The monoisotopic (exact) mass is 623 g/mol. The minimum atomic E-state index is -0.0849. The molecule has 2 aromatic rings. The van der Waals surface area contributed by atoms with Crippen LogP contribution in [0.4, 0.5) is 0 Å². The van der Waals surface area contributed by atoms with E-state index in [9.17, 15) is 19.2 Å². The van der Waals surface area contributed by atoms with E-state index in [1.807, 2.05) is 72.8 Å². The molecule has 2 N–H and O–H groups in total. The van der Waals surface area contributed by atoms with Crippen molar-refractivity contribution in [1.82, 2.24) is 20.9 Å². The Kier molecular flexibility index (Phi) is 10.1. The van der Waals surface area contributed by atoms with Gasteiger partial charge < -0.3 is 0 Å². The van der Waals surface area contributed by atoms with Crippen LogP contribution in [0.3, 0.4) is 0 Å². The molecule has 223 valence electrons. The maximum Gasteiger partial charge on any atom is 0.238 e. The van der Waals surface area contributed by atoms with Crippen LogP contribution in [0.25, 0.3) is 0 Å². The van der Waals surface area contributed by atoms with Gasteiger partial charge in [0.05, 0.1) is 12.1 Å². The summed E-state index contributed by atoms with van der Waals surface area (Å²) in [7, 11) is 0. The molecule has 2 atom stereocenters. The number of benzene rings is 2. The van der Waals surface area contributed by atoms with Crippen molar-refractivity contribution >= 4 is 23.4 Å². The average molecular weight is 624 g/mol. The van der Waals surface area contributed by atoms with Gasteiger partial charge in [-0.2, -0.15) is 0 Å². The second-order valence-corrected chi connectivity index (χ2v) is 10.2. The number of carbonyl (C=O) groups excluding carboxylic acids is 4. The first-order valence-corrected chi connectivity index (χ1v) is 13.8. The van der Waals surface area contributed by atoms with E-state index >= 15 is 0 Å². The fourth-order valence-corrected chi connectivity index (χ4v) is 5.36. The number of ketones is 2. The second-order valence-electron chi connectivity index (χ2n) is 10.2. The average Bonchev–Trinajstić information content (AvgIpc) is 3.65. The molecular formula is C34H32CuN4O4. The van der Waals surface area contributed by atoms with E-state index in [1.165, 1.54) is 26.0 Å². The van der Waals surface area contributed by atoms with Gasteiger partial charge in [0.15, 0.2) is 11.6 Å². The van der Waals surface area contributed by atoms with Gasteiger partial charge in [0, 0.05) is 66.3 Å². The first-order valence-electron chi connectivity index (χ1n) is 13.8. The molecule has 8 nitrogen and oxygen atoms in total. The summed E-state index contributed by atoms with van der Waals surface area (Å²) in [6.45, 7) is 3.05.